The summed E-state index contributed by atoms with van der Waals surface area (Å²) >= 11 is 1.40. The van der Waals surface area contributed by atoms with Gasteiger partial charge in [-0.05, 0) is 25.1 Å². The molecule has 112 valence electrons. The second kappa shape index (κ2) is 8.49. The molecule has 20 heavy (non-hydrogen) atoms. The number of nitrogens with one attached hydrogen (secondary N) is 1. The summed E-state index contributed by atoms with van der Waals surface area (Å²) in [6.45, 7) is 1.86. The normalized spacial score (nSPS) is 17.6. The van der Waals surface area contributed by atoms with Crippen LogP contribution >= 0.6 is 24.2 Å². The van der Waals surface area contributed by atoms with Gasteiger partial charge in [0.2, 0.25) is 5.91 Å². The molecular formula is C14H20ClFN2OS. The highest BCUT2D eigenvalue weighted by Gasteiger charge is 2.22. The Morgan fingerprint density at radius 3 is 2.90 bits per heavy atom. The number of carbonyl (C=O) groups is 1. The Kier molecular flexibility index (Phi) is 7.34. The Balaban J connectivity index is 0.00000200. The van der Waals surface area contributed by atoms with Crippen molar-refractivity contribution >= 4 is 30.1 Å². The molecule has 6 heteroatoms. The Morgan fingerprint density at radius 1 is 1.50 bits per heavy atom. The van der Waals surface area contributed by atoms with E-state index in [2.05, 4.69) is 5.32 Å². The van der Waals surface area contributed by atoms with E-state index in [4.69, 9.17) is 0 Å². The molecule has 0 bridgehead atoms. The highest BCUT2D eigenvalue weighted by molar-refractivity contribution is 7.99. The average molecular weight is 319 g/mol. The number of hydrogen-bond donors (Lipinski definition) is 1. The van der Waals surface area contributed by atoms with E-state index in [0.717, 1.165) is 19.5 Å². The smallest absolute Gasteiger partial charge is 0.223 e. The topological polar surface area (TPSA) is 32.3 Å². The van der Waals surface area contributed by atoms with Crippen LogP contribution in [0.5, 0.6) is 0 Å². The number of nitrogens with zero attached hydrogens (tertiary/aromatic N) is 1. The molecule has 1 heterocycles. The third-order valence-electron chi connectivity index (χ3n) is 3.39. The highest BCUT2D eigenvalue weighted by atomic mass is 35.5. The van der Waals surface area contributed by atoms with Gasteiger partial charge in [-0.25, -0.2) is 4.39 Å². The SMILES string of the molecule is CN(C(=O)CCSc1ccccc1F)C1CCNC1.Cl. The average Bonchev–Trinajstić information content (AvgIpc) is 2.94. The second-order valence-electron chi connectivity index (χ2n) is 4.68. The van der Waals surface area contributed by atoms with Crippen LogP contribution in [0.2, 0.25) is 0 Å². The van der Waals surface area contributed by atoms with Crippen molar-refractivity contribution in [2.75, 3.05) is 25.9 Å². The first kappa shape index (κ1) is 17.3. The second-order valence-corrected chi connectivity index (χ2v) is 5.82. The van der Waals surface area contributed by atoms with E-state index >= 15 is 0 Å². The fourth-order valence-corrected chi connectivity index (χ4v) is 3.04. The number of hydrogen-bond acceptors (Lipinski definition) is 3. The van der Waals surface area contributed by atoms with Gasteiger partial charge >= 0.3 is 0 Å². The van der Waals surface area contributed by atoms with Crippen molar-refractivity contribution in [2.45, 2.75) is 23.8 Å². The van der Waals surface area contributed by atoms with Gasteiger partial charge in [0, 0.05) is 36.7 Å². The summed E-state index contributed by atoms with van der Waals surface area (Å²) in [6.07, 6.45) is 1.47. The zero-order valence-electron chi connectivity index (χ0n) is 11.5. The maximum Gasteiger partial charge on any atom is 0.223 e. The van der Waals surface area contributed by atoms with Crippen molar-refractivity contribution < 1.29 is 9.18 Å². The third kappa shape index (κ3) is 4.65. The molecule has 0 aromatic heterocycles. The zero-order valence-corrected chi connectivity index (χ0v) is 13.1. The van der Waals surface area contributed by atoms with E-state index in [1.807, 2.05) is 18.0 Å². The zero-order chi connectivity index (χ0) is 13.7. The minimum atomic E-state index is -0.215. The van der Waals surface area contributed by atoms with Crippen LogP contribution in [0.3, 0.4) is 0 Å². The number of amides is 1. The summed E-state index contributed by atoms with van der Waals surface area (Å²) in [5.41, 5.74) is 0. The van der Waals surface area contributed by atoms with Crippen molar-refractivity contribution in [1.82, 2.24) is 10.2 Å². The summed E-state index contributed by atoms with van der Waals surface area (Å²) in [5, 5.41) is 3.25. The van der Waals surface area contributed by atoms with Gasteiger partial charge in [-0.3, -0.25) is 4.79 Å². The molecule has 1 aliphatic rings. The minimum Gasteiger partial charge on any atom is -0.341 e. The van der Waals surface area contributed by atoms with Crippen molar-refractivity contribution in [3.05, 3.63) is 30.1 Å². The van der Waals surface area contributed by atoms with Gasteiger partial charge in [0.25, 0.3) is 0 Å². The molecule has 0 aliphatic carbocycles. The molecule has 1 unspecified atom stereocenters. The molecule has 1 amide bonds. The van der Waals surface area contributed by atoms with E-state index in [9.17, 15) is 9.18 Å². The maximum atomic E-state index is 13.4. The molecule has 1 aromatic carbocycles. The van der Waals surface area contributed by atoms with Crippen molar-refractivity contribution in [3.63, 3.8) is 0 Å². The van der Waals surface area contributed by atoms with Crippen LogP contribution in [0.4, 0.5) is 4.39 Å². The fourth-order valence-electron chi connectivity index (χ4n) is 2.16. The van der Waals surface area contributed by atoms with Crippen LogP contribution in [-0.4, -0.2) is 42.7 Å². The van der Waals surface area contributed by atoms with Gasteiger partial charge in [0.15, 0.2) is 0 Å². The van der Waals surface area contributed by atoms with Gasteiger partial charge in [0.1, 0.15) is 5.82 Å². The lowest BCUT2D eigenvalue weighted by Gasteiger charge is -2.23. The molecule has 0 radical (unpaired) electrons. The van der Waals surface area contributed by atoms with Crippen molar-refractivity contribution in [2.24, 2.45) is 0 Å². The lowest BCUT2D eigenvalue weighted by atomic mass is 10.2. The van der Waals surface area contributed by atoms with Gasteiger partial charge in [-0.15, -0.1) is 24.2 Å². The number of rotatable bonds is 5. The molecule has 1 aliphatic heterocycles. The maximum absolute atomic E-state index is 13.4. The summed E-state index contributed by atoms with van der Waals surface area (Å²) in [6, 6.07) is 6.98. The predicted molar refractivity (Wildman–Crippen MR) is 83.0 cm³/mol. The summed E-state index contributed by atoms with van der Waals surface area (Å²) in [4.78, 5) is 14.4. The van der Waals surface area contributed by atoms with Crippen LogP contribution in [-0.2, 0) is 4.79 Å². The molecular weight excluding hydrogens is 299 g/mol. The number of likely N-dealkylation sites (N-methyl/N-ethyl adjacent to an activating group) is 1. The molecule has 1 aromatic rings. The summed E-state index contributed by atoms with van der Waals surface area (Å²) in [7, 11) is 1.85. The first-order valence-corrected chi connectivity index (χ1v) is 7.51. The van der Waals surface area contributed by atoms with Crippen LogP contribution in [0.1, 0.15) is 12.8 Å². The molecule has 2 rings (SSSR count). The number of halogens is 2. The van der Waals surface area contributed by atoms with Gasteiger partial charge in [0.05, 0.1) is 0 Å². The highest BCUT2D eigenvalue weighted by Crippen LogP contribution is 2.22. The predicted octanol–water partition coefficient (Wildman–Crippen LogP) is 2.55. The number of benzene rings is 1. The molecule has 1 N–H and O–H groups in total. The molecule has 0 spiro atoms. The van der Waals surface area contributed by atoms with Crippen molar-refractivity contribution in [1.29, 1.82) is 0 Å². The first-order chi connectivity index (χ1) is 9.18. The van der Waals surface area contributed by atoms with Crippen molar-refractivity contribution in [3.8, 4) is 0 Å². The molecule has 0 saturated carbocycles. The molecule has 1 fully saturated rings. The molecule has 3 nitrogen and oxygen atoms in total. The lowest BCUT2D eigenvalue weighted by molar-refractivity contribution is -0.131. The largest absolute Gasteiger partial charge is 0.341 e. The summed E-state index contributed by atoms with van der Waals surface area (Å²) in [5.74, 6) is 0.537. The Labute approximate surface area is 129 Å². The number of carbonyl (C=O) groups excluding carboxylic acids is 1. The van der Waals surface area contributed by atoms with Crippen LogP contribution in [0.25, 0.3) is 0 Å². The number of thioether (sulfide) groups is 1. The van der Waals surface area contributed by atoms with E-state index in [-0.39, 0.29) is 24.1 Å². The quantitative estimate of drug-likeness (QED) is 0.847. The van der Waals surface area contributed by atoms with Crippen LogP contribution in [0.15, 0.2) is 29.2 Å². The standard InChI is InChI=1S/C14H19FN2OS.ClH/c1-17(11-6-8-16-10-11)14(18)7-9-19-13-5-3-2-4-12(13)15;/h2-5,11,16H,6-10H2,1H3;1H. The monoisotopic (exact) mass is 318 g/mol. The molecule has 1 atom stereocenters. The Morgan fingerprint density at radius 2 is 2.25 bits per heavy atom. The lowest BCUT2D eigenvalue weighted by Crippen LogP contribution is -2.38. The van der Waals surface area contributed by atoms with Gasteiger partial charge < -0.3 is 10.2 Å². The third-order valence-corrected chi connectivity index (χ3v) is 4.44. The van der Waals surface area contributed by atoms with E-state index < -0.39 is 0 Å². The van der Waals surface area contributed by atoms with E-state index in [1.165, 1.54) is 17.8 Å². The molecule has 1 saturated heterocycles. The van der Waals surface area contributed by atoms with Gasteiger partial charge in [-0.2, -0.15) is 0 Å². The van der Waals surface area contributed by atoms with E-state index in [0.29, 0.717) is 23.1 Å². The summed E-state index contributed by atoms with van der Waals surface area (Å²) < 4.78 is 13.4. The van der Waals surface area contributed by atoms with Crippen LogP contribution < -0.4 is 5.32 Å². The van der Waals surface area contributed by atoms with E-state index in [1.54, 1.807) is 12.1 Å². The minimum absolute atomic E-state index is 0. The first-order valence-electron chi connectivity index (χ1n) is 6.52. The Hall–Kier alpha value is -0.780. The van der Waals surface area contributed by atoms with Crippen LogP contribution in [0, 0.1) is 5.82 Å². The van der Waals surface area contributed by atoms with Gasteiger partial charge in [-0.1, -0.05) is 12.1 Å². The Bertz CT molecular complexity index is 441. The fraction of sp³-hybridized carbons (Fsp3) is 0.500.